The molecule has 5 aromatic rings. The zero-order valence-electron chi connectivity index (χ0n) is 18.4. The van der Waals surface area contributed by atoms with Gasteiger partial charge in [0.05, 0.1) is 0 Å². The van der Waals surface area contributed by atoms with Crippen molar-refractivity contribution >= 4 is 28.2 Å². The third-order valence-corrected chi connectivity index (χ3v) is 6.38. The summed E-state index contributed by atoms with van der Waals surface area (Å²) in [5.41, 5.74) is 2.90. The number of fused-ring (bicyclic) bond motifs is 1. The first kappa shape index (κ1) is 21.7. The minimum atomic E-state index is -0.442. The zero-order valence-corrected chi connectivity index (χ0v) is 19.3. The van der Waals surface area contributed by atoms with Crippen molar-refractivity contribution in [3.63, 3.8) is 0 Å². The Kier molecular flexibility index (Phi) is 5.51. The van der Waals surface area contributed by atoms with E-state index in [0.717, 1.165) is 28.0 Å². The molecule has 0 aliphatic rings. The fourth-order valence-electron chi connectivity index (χ4n) is 3.54. The molecule has 2 aromatic carbocycles. The molecule has 0 aliphatic heterocycles. The van der Waals surface area contributed by atoms with Gasteiger partial charge in [-0.3, -0.25) is 14.4 Å². The van der Waals surface area contributed by atoms with Crippen molar-refractivity contribution in [2.75, 3.05) is 0 Å². The van der Waals surface area contributed by atoms with Crippen molar-refractivity contribution < 1.29 is 9.21 Å². The van der Waals surface area contributed by atoms with Crippen LogP contribution in [0.15, 0.2) is 74.7 Å². The molecular formula is C26H19N3O4S. The third-order valence-electron chi connectivity index (χ3n) is 5.42. The lowest BCUT2D eigenvalue weighted by Gasteiger charge is -2.01. The first-order chi connectivity index (χ1) is 16.4. The van der Waals surface area contributed by atoms with E-state index in [9.17, 15) is 14.4 Å². The first-order valence-corrected chi connectivity index (χ1v) is 11.4. The van der Waals surface area contributed by atoms with Crippen LogP contribution in [0.3, 0.4) is 0 Å². The van der Waals surface area contributed by atoms with Crippen LogP contribution in [0.5, 0.6) is 0 Å². The number of ketones is 1. The second-order valence-electron chi connectivity index (χ2n) is 7.97. The predicted molar refractivity (Wildman–Crippen MR) is 130 cm³/mol. The molecule has 0 fully saturated rings. The van der Waals surface area contributed by atoms with Gasteiger partial charge < -0.3 is 4.42 Å². The number of carbonyl (C=O) groups is 1. The Hall–Kier alpha value is -4.17. The fraction of sp³-hybridized carbons (Fsp3) is 0.115. The number of hydrogen-bond acceptors (Lipinski definition) is 7. The highest BCUT2D eigenvalue weighted by Gasteiger charge is 2.12. The standard InChI is InChI=1S/C26H19N3O4S/c1-15-3-5-17(6-4-15)13-21-24(31)27-26-29(28-21)25(32)23(34-26)14-20-11-12-22(33-20)19-9-7-18(8-10-19)16(2)30/h3-12,14H,13H2,1-2H3/b23-14-. The van der Waals surface area contributed by atoms with E-state index in [2.05, 4.69) is 10.1 Å². The average Bonchev–Trinajstić information content (AvgIpc) is 3.41. The van der Waals surface area contributed by atoms with E-state index in [1.807, 2.05) is 43.3 Å². The highest BCUT2D eigenvalue weighted by Crippen LogP contribution is 2.23. The molecule has 0 atom stereocenters. The topological polar surface area (TPSA) is 94.5 Å². The number of furan rings is 1. The second-order valence-corrected chi connectivity index (χ2v) is 8.98. The Balaban J connectivity index is 1.48. The molecule has 0 amide bonds. The molecule has 8 heteroatoms. The maximum atomic E-state index is 12.9. The summed E-state index contributed by atoms with van der Waals surface area (Å²) in [5.74, 6) is 1.09. The van der Waals surface area contributed by atoms with Crippen molar-refractivity contribution in [3.8, 4) is 11.3 Å². The molecule has 7 nitrogen and oxygen atoms in total. The molecule has 0 saturated heterocycles. The highest BCUT2D eigenvalue weighted by atomic mass is 32.1. The third kappa shape index (κ3) is 4.23. The van der Waals surface area contributed by atoms with Crippen molar-refractivity contribution in [1.29, 1.82) is 0 Å². The largest absolute Gasteiger partial charge is 0.457 e. The van der Waals surface area contributed by atoms with Crippen LogP contribution in [0.4, 0.5) is 0 Å². The molecule has 0 aliphatic carbocycles. The van der Waals surface area contributed by atoms with Gasteiger partial charge in [-0.1, -0.05) is 65.4 Å². The van der Waals surface area contributed by atoms with E-state index < -0.39 is 5.56 Å². The van der Waals surface area contributed by atoms with E-state index in [1.165, 1.54) is 11.4 Å². The Morgan fingerprint density at radius 1 is 1.03 bits per heavy atom. The summed E-state index contributed by atoms with van der Waals surface area (Å²) in [7, 11) is 0. The number of thiazole rings is 1. The van der Waals surface area contributed by atoms with Gasteiger partial charge in [-0.15, -0.1) is 0 Å². The minimum Gasteiger partial charge on any atom is -0.457 e. The highest BCUT2D eigenvalue weighted by molar-refractivity contribution is 7.15. The van der Waals surface area contributed by atoms with Crippen LogP contribution in [0.25, 0.3) is 22.4 Å². The van der Waals surface area contributed by atoms with Crippen LogP contribution < -0.4 is 15.7 Å². The molecule has 0 unspecified atom stereocenters. The van der Waals surface area contributed by atoms with E-state index in [0.29, 0.717) is 28.0 Å². The maximum absolute atomic E-state index is 12.9. The number of hydrogen-bond donors (Lipinski definition) is 0. The molecule has 0 saturated carbocycles. The van der Waals surface area contributed by atoms with Crippen molar-refractivity contribution in [3.05, 3.63) is 114 Å². The van der Waals surface area contributed by atoms with Gasteiger partial charge in [0.2, 0.25) is 4.96 Å². The summed E-state index contributed by atoms with van der Waals surface area (Å²) < 4.78 is 7.41. The van der Waals surface area contributed by atoms with E-state index in [-0.39, 0.29) is 22.0 Å². The van der Waals surface area contributed by atoms with Crippen molar-refractivity contribution in [2.24, 2.45) is 0 Å². The summed E-state index contributed by atoms with van der Waals surface area (Å²) in [6.07, 6.45) is 1.91. The van der Waals surface area contributed by atoms with Crippen LogP contribution in [0.1, 0.15) is 39.9 Å². The van der Waals surface area contributed by atoms with Crippen LogP contribution in [-0.2, 0) is 6.42 Å². The molecule has 0 N–H and O–H groups in total. The quantitative estimate of drug-likeness (QED) is 0.366. The number of carbonyl (C=O) groups excluding carboxylic acids is 1. The van der Waals surface area contributed by atoms with Gasteiger partial charge in [0.1, 0.15) is 21.7 Å². The van der Waals surface area contributed by atoms with Gasteiger partial charge in [-0.05, 0) is 31.5 Å². The second kappa shape index (κ2) is 8.64. The molecular weight excluding hydrogens is 450 g/mol. The molecule has 3 heterocycles. The number of Topliss-reactive ketones (excluding diaryl/α,β-unsaturated/α-hetero) is 1. The van der Waals surface area contributed by atoms with E-state index in [4.69, 9.17) is 4.42 Å². The summed E-state index contributed by atoms with van der Waals surface area (Å²) in [6.45, 7) is 3.51. The predicted octanol–water partition coefficient (Wildman–Crippen LogP) is 3.42. The van der Waals surface area contributed by atoms with Gasteiger partial charge >= 0.3 is 0 Å². The van der Waals surface area contributed by atoms with E-state index in [1.54, 1.807) is 30.3 Å². The van der Waals surface area contributed by atoms with Crippen LogP contribution in [0.2, 0.25) is 0 Å². The summed E-state index contributed by atoms with van der Waals surface area (Å²) in [6, 6.07) is 18.4. The SMILES string of the molecule is CC(=O)c1ccc(-c2ccc(/C=c3\sc4nc(=O)c(Cc5ccc(C)cc5)nn4c3=O)o2)cc1. The lowest BCUT2D eigenvalue weighted by atomic mass is 10.1. The lowest BCUT2D eigenvalue weighted by molar-refractivity contribution is 0.101. The van der Waals surface area contributed by atoms with Crippen LogP contribution in [-0.4, -0.2) is 20.4 Å². The Labute approximate surface area is 197 Å². The van der Waals surface area contributed by atoms with Gasteiger partial charge in [-0.2, -0.15) is 14.6 Å². The molecule has 168 valence electrons. The average molecular weight is 470 g/mol. The van der Waals surface area contributed by atoms with Gasteiger partial charge in [0.15, 0.2) is 5.78 Å². The van der Waals surface area contributed by atoms with Gasteiger partial charge in [0.25, 0.3) is 11.1 Å². The monoisotopic (exact) mass is 469 g/mol. The number of rotatable bonds is 5. The van der Waals surface area contributed by atoms with E-state index >= 15 is 0 Å². The number of aromatic nitrogens is 3. The van der Waals surface area contributed by atoms with Crippen LogP contribution in [0, 0.1) is 6.92 Å². The Morgan fingerprint density at radius 2 is 1.76 bits per heavy atom. The van der Waals surface area contributed by atoms with Crippen molar-refractivity contribution in [2.45, 2.75) is 20.3 Å². The molecule has 0 spiro atoms. The first-order valence-electron chi connectivity index (χ1n) is 10.6. The number of aryl methyl sites for hydroxylation is 1. The zero-order chi connectivity index (χ0) is 23.8. The summed E-state index contributed by atoms with van der Waals surface area (Å²) in [4.78, 5) is 41.2. The van der Waals surface area contributed by atoms with Gasteiger partial charge in [0, 0.05) is 23.6 Å². The molecule has 5 rings (SSSR count). The summed E-state index contributed by atoms with van der Waals surface area (Å²) >= 11 is 1.08. The fourth-order valence-corrected chi connectivity index (χ4v) is 4.42. The van der Waals surface area contributed by atoms with Crippen LogP contribution >= 0.6 is 11.3 Å². The number of nitrogens with zero attached hydrogens (tertiary/aromatic N) is 3. The molecule has 3 aromatic heterocycles. The number of benzene rings is 2. The normalized spacial score (nSPS) is 11.9. The minimum absolute atomic E-state index is 0.00395. The van der Waals surface area contributed by atoms with Gasteiger partial charge in [-0.25, -0.2) is 0 Å². The Morgan fingerprint density at radius 3 is 2.47 bits per heavy atom. The lowest BCUT2D eigenvalue weighted by Crippen LogP contribution is -2.28. The van der Waals surface area contributed by atoms with Crippen molar-refractivity contribution in [1.82, 2.24) is 14.6 Å². The maximum Gasteiger partial charge on any atom is 0.296 e. The smallest absolute Gasteiger partial charge is 0.296 e. The Bertz CT molecular complexity index is 1690. The molecule has 0 radical (unpaired) electrons. The molecule has 34 heavy (non-hydrogen) atoms. The summed E-state index contributed by atoms with van der Waals surface area (Å²) in [5, 5.41) is 4.29. The molecule has 0 bridgehead atoms.